The second-order valence-corrected chi connectivity index (χ2v) is 18.4. The Balaban J connectivity index is 0.654. The van der Waals surface area contributed by atoms with Gasteiger partial charge in [-0.1, -0.05) is 48.9 Å². The zero-order chi connectivity index (χ0) is 48.3. The van der Waals surface area contributed by atoms with Gasteiger partial charge < -0.3 is 53.6 Å². The average Bonchev–Trinajstić information content (AvgIpc) is 4.10. The SMILES string of the molecule is CN1CCc2ccc(O)cc2C(c2ccc(NC(=O)CCNC(=O)CCNC(=O)CCCCCNC(=O)COc3ccc(/C=C/c4ccc5n4[B-](F)(F)[N+]4=C(c6cccs6)C=CC4=C5)cc3)cc2)C1. The van der Waals surface area contributed by atoms with E-state index in [0.29, 0.717) is 60.0 Å². The fourth-order valence-corrected chi connectivity index (χ4v) is 9.59. The van der Waals surface area contributed by atoms with Gasteiger partial charge in [-0.2, -0.15) is 0 Å². The molecule has 3 aromatic carbocycles. The van der Waals surface area contributed by atoms with E-state index in [9.17, 15) is 24.3 Å². The van der Waals surface area contributed by atoms with Crippen LogP contribution in [0.1, 0.15) is 83.0 Å². The van der Waals surface area contributed by atoms with E-state index in [4.69, 9.17) is 4.74 Å². The fourth-order valence-electron chi connectivity index (χ4n) is 8.85. The number of benzene rings is 3. The summed E-state index contributed by atoms with van der Waals surface area (Å²) in [6, 6.07) is 27.4. The van der Waals surface area contributed by atoms with E-state index in [0.717, 1.165) is 56.5 Å². The van der Waals surface area contributed by atoms with Crippen LogP contribution in [0.2, 0.25) is 0 Å². The van der Waals surface area contributed by atoms with E-state index < -0.39 is 6.97 Å². The van der Waals surface area contributed by atoms with Crippen LogP contribution in [0.25, 0.3) is 18.2 Å². The summed E-state index contributed by atoms with van der Waals surface area (Å²) in [5, 5.41) is 23.2. The van der Waals surface area contributed by atoms with Gasteiger partial charge in [0, 0.05) is 93.2 Å². The van der Waals surface area contributed by atoms with Gasteiger partial charge in [0.15, 0.2) is 18.0 Å². The number of allylic oxidation sites excluding steroid dienone is 2. The van der Waals surface area contributed by atoms with Crippen molar-refractivity contribution in [2.24, 2.45) is 0 Å². The number of phenols is 1. The molecule has 5 aromatic rings. The number of anilines is 1. The molecular formula is C52H56BF2N7O6S. The Kier molecular flexibility index (Phi) is 15.7. The van der Waals surface area contributed by atoms with E-state index in [-0.39, 0.29) is 67.8 Å². The van der Waals surface area contributed by atoms with Gasteiger partial charge in [0.25, 0.3) is 5.91 Å². The van der Waals surface area contributed by atoms with Crippen LogP contribution in [-0.2, 0) is 25.6 Å². The number of ether oxygens (including phenoxy) is 1. The fraction of sp³-hybridized carbons (Fsp3) is 0.288. The molecule has 0 saturated carbocycles. The van der Waals surface area contributed by atoms with Gasteiger partial charge in [-0.25, -0.2) is 0 Å². The number of hydrogen-bond donors (Lipinski definition) is 5. The lowest BCUT2D eigenvalue weighted by molar-refractivity contribution is -0.360. The Bertz CT molecular complexity index is 2790. The molecule has 0 bridgehead atoms. The summed E-state index contributed by atoms with van der Waals surface area (Å²) in [6.45, 7) is -1.77. The van der Waals surface area contributed by atoms with Crippen molar-refractivity contribution >= 4 is 71.6 Å². The monoisotopic (exact) mass is 955 g/mol. The van der Waals surface area contributed by atoms with E-state index in [2.05, 4.69) is 33.2 Å². The van der Waals surface area contributed by atoms with Crippen LogP contribution in [0.5, 0.6) is 11.5 Å². The predicted molar refractivity (Wildman–Crippen MR) is 267 cm³/mol. The highest BCUT2D eigenvalue weighted by Crippen LogP contribution is 2.36. The first kappa shape index (κ1) is 48.4. The number of thiophene rings is 1. The molecule has 69 heavy (non-hydrogen) atoms. The van der Waals surface area contributed by atoms with Crippen molar-refractivity contribution in [1.82, 2.24) is 25.3 Å². The summed E-state index contributed by atoms with van der Waals surface area (Å²) in [4.78, 5) is 52.7. The topological polar surface area (TPSA) is 157 Å². The number of nitrogens with zero attached hydrogens (tertiary/aromatic N) is 3. The molecule has 17 heteroatoms. The predicted octanol–water partition coefficient (Wildman–Crippen LogP) is 7.40. The number of aromatic hydroxyl groups is 1. The Morgan fingerprint density at radius 1 is 0.826 bits per heavy atom. The molecule has 13 nitrogen and oxygen atoms in total. The number of likely N-dealkylation sites (N-methyl/N-ethyl adjacent to an activating group) is 1. The van der Waals surface area contributed by atoms with Crippen molar-refractivity contribution in [3.8, 4) is 11.5 Å². The van der Waals surface area contributed by atoms with Crippen molar-refractivity contribution < 1.29 is 42.1 Å². The molecule has 4 amide bonds. The van der Waals surface area contributed by atoms with Crippen LogP contribution in [0, 0.1) is 0 Å². The molecule has 8 rings (SSSR count). The minimum atomic E-state index is -4.13. The largest absolute Gasteiger partial charge is 0.737 e. The average molecular weight is 956 g/mol. The summed E-state index contributed by atoms with van der Waals surface area (Å²) in [5.41, 5.74) is 6.65. The van der Waals surface area contributed by atoms with E-state index in [1.54, 1.807) is 72.8 Å². The molecule has 3 aliphatic rings. The number of carbonyl (C=O) groups is 4. The van der Waals surface area contributed by atoms with Crippen LogP contribution in [0.15, 0.2) is 114 Å². The number of carbonyl (C=O) groups excluding carboxylic acids is 4. The highest BCUT2D eigenvalue weighted by atomic mass is 32.1. The summed E-state index contributed by atoms with van der Waals surface area (Å²) in [5.74, 6) is -0.0953. The van der Waals surface area contributed by atoms with Gasteiger partial charge in [-0.15, -0.1) is 11.3 Å². The normalized spacial score (nSPS) is 16.0. The third kappa shape index (κ3) is 12.3. The molecule has 1 atom stereocenters. The second kappa shape index (κ2) is 22.3. The highest BCUT2D eigenvalue weighted by molar-refractivity contribution is 7.12. The summed E-state index contributed by atoms with van der Waals surface area (Å²) in [6.07, 6.45) is 12.1. The Hall–Kier alpha value is -7.11. The molecule has 3 aliphatic heterocycles. The lowest BCUT2D eigenvalue weighted by Gasteiger charge is -2.30. The third-order valence-corrected chi connectivity index (χ3v) is 13.3. The lowest BCUT2D eigenvalue weighted by Crippen LogP contribution is -2.50. The molecule has 5 heterocycles. The standard InChI is InChI=1S/C52H56BF2N7O6S/c1-60-30-26-38-13-20-43(63)33-45(38)46(34-60)37-11-14-39(15-12-37)59-51(66)25-29-58-50(65)24-28-57-49(64)7-3-2-4-27-56-52(67)35-68-44-21-9-36(10-22-44)8-16-40-17-18-41-32-42-19-23-47(48-6-5-31-69-48)62(42)53(54,55)61(40)41/h5-6,8-23,31-33,46,63H,2-4,7,24-30,34-35H2,1H3,(H,56,67)(H,57,64)(H,58,65)(H,59,66)/b16-8+. The van der Waals surface area contributed by atoms with Crippen molar-refractivity contribution in [3.05, 3.63) is 153 Å². The van der Waals surface area contributed by atoms with Gasteiger partial charge >= 0.3 is 6.97 Å². The minimum Gasteiger partial charge on any atom is -0.508 e. The number of halogens is 2. The third-order valence-electron chi connectivity index (χ3n) is 12.4. The van der Waals surface area contributed by atoms with Gasteiger partial charge in [-0.05, 0) is 115 Å². The maximum atomic E-state index is 16.1. The molecule has 0 spiro atoms. The second-order valence-electron chi connectivity index (χ2n) is 17.4. The van der Waals surface area contributed by atoms with Crippen molar-refractivity contribution in [2.75, 3.05) is 51.7 Å². The molecule has 0 radical (unpaired) electrons. The summed E-state index contributed by atoms with van der Waals surface area (Å²) >= 11 is 1.42. The highest BCUT2D eigenvalue weighted by Gasteiger charge is 2.52. The Morgan fingerprint density at radius 3 is 2.35 bits per heavy atom. The summed E-state index contributed by atoms with van der Waals surface area (Å²) < 4.78 is 40.1. The van der Waals surface area contributed by atoms with Crippen LogP contribution < -0.4 is 26.0 Å². The van der Waals surface area contributed by atoms with E-state index in [1.807, 2.05) is 53.9 Å². The molecule has 0 fully saturated rings. The van der Waals surface area contributed by atoms with Gasteiger partial charge in [-0.3, -0.25) is 19.2 Å². The number of phenolic OH excluding ortho intramolecular Hbond substituents is 1. The van der Waals surface area contributed by atoms with E-state index in [1.165, 1.54) is 16.9 Å². The van der Waals surface area contributed by atoms with Crippen molar-refractivity contribution in [1.29, 1.82) is 0 Å². The Labute approximate surface area is 404 Å². The lowest BCUT2D eigenvalue weighted by atomic mass is 9.88. The first-order chi connectivity index (χ1) is 33.4. The van der Waals surface area contributed by atoms with Crippen LogP contribution in [0.3, 0.4) is 0 Å². The number of aromatic nitrogens is 1. The zero-order valence-corrected chi connectivity index (χ0v) is 39.3. The van der Waals surface area contributed by atoms with Gasteiger partial charge in [0.2, 0.25) is 17.7 Å². The number of unbranched alkanes of at least 4 members (excludes halogenated alkanes) is 2. The van der Waals surface area contributed by atoms with Crippen molar-refractivity contribution in [3.63, 3.8) is 0 Å². The van der Waals surface area contributed by atoms with Gasteiger partial charge in [0.05, 0.1) is 4.88 Å². The number of rotatable bonds is 20. The maximum Gasteiger partial charge on any atom is 0.737 e. The van der Waals surface area contributed by atoms with Crippen molar-refractivity contribution in [2.45, 2.75) is 50.9 Å². The first-order valence-corrected chi connectivity index (χ1v) is 24.2. The first-order valence-electron chi connectivity index (χ1n) is 23.4. The van der Waals surface area contributed by atoms with Crippen LogP contribution in [0.4, 0.5) is 14.3 Å². The molecule has 1 unspecified atom stereocenters. The smallest absolute Gasteiger partial charge is 0.508 e. The molecule has 5 N–H and O–H groups in total. The number of hydrogen-bond acceptors (Lipinski definition) is 8. The number of nitrogens with one attached hydrogen (secondary N) is 4. The zero-order valence-electron chi connectivity index (χ0n) is 38.5. The van der Waals surface area contributed by atoms with Crippen LogP contribution >= 0.6 is 11.3 Å². The minimum absolute atomic E-state index is 0.0918. The number of amides is 4. The molecule has 358 valence electrons. The van der Waals surface area contributed by atoms with Gasteiger partial charge in [0.1, 0.15) is 11.5 Å². The molecule has 2 aromatic heterocycles. The summed E-state index contributed by atoms with van der Waals surface area (Å²) in [7, 11) is 2.09. The van der Waals surface area contributed by atoms with Crippen LogP contribution in [-0.4, -0.2) is 102 Å². The molecular weight excluding hydrogens is 899 g/mol. The molecule has 0 aliphatic carbocycles. The Morgan fingerprint density at radius 2 is 1.58 bits per heavy atom. The maximum absolute atomic E-state index is 16.1. The van der Waals surface area contributed by atoms with E-state index >= 15 is 8.63 Å². The molecule has 0 saturated heterocycles. The quantitative estimate of drug-likeness (QED) is 0.0402. The number of fused-ring (bicyclic) bond motifs is 3.